The SMILES string of the molecule is COc1cc(C)c(NN)cc1OC. The molecule has 0 bridgehead atoms. The van der Waals surface area contributed by atoms with Crippen LogP contribution in [0.4, 0.5) is 5.69 Å². The average molecular weight is 182 g/mol. The van der Waals surface area contributed by atoms with Gasteiger partial charge >= 0.3 is 0 Å². The Kier molecular flexibility index (Phi) is 2.97. The van der Waals surface area contributed by atoms with Crippen LogP contribution in [-0.2, 0) is 0 Å². The van der Waals surface area contributed by atoms with Crippen LogP contribution in [0.3, 0.4) is 0 Å². The number of aryl methyl sites for hydroxylation is 1. The number of rotatable bonds is 3. The van der Waals surface area contributed by atoms with Crippen LogP contribution in [0.15, 0.2) is 12.1 Å². The summed E-state index contributed by atoms with van der Waals surface area (Å²) in [6, 6.07) is 3.67. The normalized spacial score (nSPS) is 9.54. The number of benzene rings is 1. The molecule has 3 N–H and O–H groups in total. The fraction of sp³-hybridized carbons (Fsp3) is 0.333. The van der Waals surface area contributed by atoms with Crippen molar-refractivity contribution in [3.63, 3.8) is 0 Å². The van der Waals surface area contributed by atoms with E-state index in [-0.39, 0.29) is 0 Å². The van der Waals surface area contributed by atoms with E-state index in [2.05, 4.69) is 5.43 Å². The van der Waals surface area contributed by atoms with Gasteiger partial charge in [0.1, 0.15) is 0 Å². The summed E-state index contributed by atoms with van der Waals surface area (Å²) in [5.74, 6) is 6.69. The van der Waals surface area contributed by atoms with Crippen LogP contribution in [0.1, 0.15) is 5.56 Å². The Morgan fingerprint density at radius 1 is 1.15 bits per heavy atom. The fourth-order valence-electron chi connectivity index (χ4n) is 1.14. The van der Waals surface area contributed by atoms with E-state index in [1.54, 1.807) is 20.3 Å². The topological polar surface area (TPSA) is 56.5 Å². The Hall–Kier alpha value is -1.42. The first-order chi connectivity index (χ1) is 6.22. The highest BCUT2D eigenvalue weighted by Crippen LogP contribution is 2.32. The Balaban J connectivity index is 3.18. The number of nitrogens with one attached hydrogen (secondary N) is 1. The standard InChI is InChI=1S/C9H14N2O2/c1-6-4-8(12-2)9(13-3)5-7(6)11-10/h4-5,11H,10H2,1-3H3. The van der Waals surface area contributed by atoms with Crippen molar-refractivity contribution in [3.05, 3.63) is 17.7 Å². The molecule has 4 nitrogen and oxygen atoms in total. The zero-order chi connectivity index (χ0) is 9.84. The van der Waals surface area contributed by atoms with Crippen molar-refractivity contribution in [2.75, 3.05) is 19.6 Å². The van der Waals surface area contributed by atoms with Gasteiger partial charge in [-0.1, -0.05) is 0 Å². The van der Waals surface area contributed by atoms with E-state index >= 15 is 0 Å². The minimum absolute atomic E-state index is 0.668. The Morgan fingerprint density at radius 3 is 2.15 bits per heavy atom. The maximum atomic E-state index is 5.32. The van der Waals surface area contributed by atoms with Crippen LogP contribution < -0.4 is 20.7 Å². The van der Waals surface area contributed by atoms with E-state index < -0.39 is 0 Å². The van der Waals surface area contributed by atoms with Crippen LogP contribution >= 0.6 is 0 Å². The lowest BCUT2D eigenvalue weighted by atomic mass is 10.2. The van der Waals surface area contributed by atoms with Crippen molar-refractivity contribution in [1.82, 2.24) is 0 Å². The maximum absolute atomic E-state index is 5.32. The second kappa shape index (κ2) is 4.00. The van der Waals surface area contributed by atoms with Crippen molar-refractivity contribution in [3.8, 4) is 11.5 Å². The van der Waals surface area contributed by atoms with Crippen LogP contribution in [0.25, 0.3) is 0 Å². The molecule has 0 heterocycles. The summed E-state index contributed by atoms with van der Waals surface area (Å²) in [7, 11) is 3.19. The van der Waals surface area contributed by atoms with Gasteiger partial charge in [0, 0.05) is 6.07 Å². The molecule has 13 heavy (non-hydrogen) atoms. The summed E-state index contributed by atoms with van der Waals surface area (Å²) < 4.78 is 10.2. The molecular formula is C9H14N2O2. The fourth-order valence-corrected chi connectivity index (χ4v) is 1.14. The second-order valence-corrected chi connectivity index (χ2v) is 2.67. The van der Waals surface area contributed by atoms with Crippen LogP contribution in [0, 0.1) is 6.92 Å². The van der Waals surface area contributed by atoms with Gasteiger partial charge in [0.05, 0.1) is 19.9 Å². The predicted octanol–water partition coefficient (Wildman–Crippen LogP) is 1.30. The van der Waals surface area contributed by atoms with Gasteiger partial charge in [-0.15, -0.1) is 0 Å². The minimum Gasteiger partial charge on any atom is -0.493 e. The van der Waals surface area contributed by atoms with Gasteiger partial charge in [-0.25, -0.2) is 0 Å². The Morgan fingerprint density at radius 2 is 1.69 bits per heavy atom. The minimum atomic E-state index is 0.668. The Bertz CT molecular complexity index is 300. The summed E-state index contributed by atoms with van der Waals surface area (Å²) in [5, 5.41) is 0. The highest BCUT2D eigenvalue weighted by molar-refractivity contribution is 5.59. The number of nitrogen functional groups attached to an aromatic ring is 1. The number of ether oxygens (including phenoxy) is 2. The van der Waals surface area contributed by atoms with E-state index in [0.717, 1.165) is 11.3 Å². The average Bonchev–Trinajstić information content (AvgIpc) is 2.17. The second-order valence-electron chi connectivity index (χ2n) is 2.67. The maximum Gasteiger partial charge on any atom is 0.162 e. The number of hydrazine groups is 1. The van der Waals surface area contributed by atoms with Crippen molar-refractivity contribution in [1.29, 1.82) is 0 Å². The van der Waals surface area contributed by atoms with E-state index in [4.69, 9.17) is 15.3 Å². The number of hydrogen-bond acceptors (Lipinski definition) is 4. The molecule has 0 atom stereocenters. The van der Waals surface area contributed by atoms with Gasteiger partial charge in [-0.3, -0.25) is 5.84 Å². The molecule has 0 spiro atoms. The zero-order valence-electron chi connectivity index (χ0n) is 8.05. The number of methoxy groups -OCH3 is 2. The molecular weight excluding hydrogens is 168 g/mol. The van der Waals surface area contributed by atoms with Gasteiger partial charge in [-0.2, -0.15) is 0 Å². The summed E-state index contributed by atoms with van der Waals surface area (Å²) >= 11 is 0. The first-order valence-electron chi connectivity index (χ1n) is 3.92. The molecule has 0 unspecified atom stereocenters. The van der Waals surface area contributed by atoms with Gasteiger partial charge in [0.25, 0.3) is 0 Å². The highest BCUT2D eigenvalue weighted by atomic mass is 16.5. The third-order valence-corrected chi connectivity index (χ3v) is 1.89. The molecule has 0 amide bonds. The number of anilines is 1. The third-order valence-electron chi connectivity index (χ3n) is 1.89. The summed E-state index contributed by atoms with van der Waals surface area (Å²) in [6.07, 6.45) is 0. The van der Waals surface area contributed by atoms with E-state index in [0.29, 0.717) is 11.5 Å². The largest absolute Gasteiger partial charge is 0.493 e. The molecule has 0 aliphatic carbocycles. The first-order valence-corrected chi connectivity index (χ1v) is 3.92. The lowest BCUT2D eigenvalue weighted by Gasteiger charge is -2.11. The number of nitrogens with two attached hydrogens (primary N) is 1. The molecule has 1 aromatic carbocycles. The van der Waals surface area contributed by atoms with E-state index in [9.17, 15) is 0 Å². The van der Waals surface area contributed by atoms with Crippen LogP contribution in [-0.4, -0.2) is 14.2 Å². The van der Waals surface area contributed by atoms with Crippen LogP contribution in [0.5, 0.6) is 11.5 Å². The summed E-state index contributed by atoms with van der Waals surface area (Å²) in [5.41, 5.74) is 4.43. The molecule has 0 radical (unpaired) electrons. The molecule has 4 heteroatoms. The summed E-state index contributed by atoms with van der Waals surface area (Å²) in [4.78, 5) is 0. The zero-order valence-corrected chi connectivity index (χ0v) is 8.05. The molecule has 0 saturated heterocycles. The predicted molar refractivity (Wildman–Crippen MR) is 52.1 cm³/mol. The highest BCUT2D eigenvalue weighted by Gasteiger charge is 2.06. The molecule has 0 aromatic heterocycles. The van der Waals surface area contributed by atoms with Gasteiger partial charge in [0.15, 0.2) is 11.5 Å². The monoisotopic (exact) mass is 182 g/mol. The molecule has 72 valence electrons. The van der Waals surface area contributed by atoms with Crippen molar-refractivity contribution in [2.24, 2.45) is 5.84 Å². The van der Waals surface area contributed by atoms with Gasteiger partial charge in [-0.05, 0) is 18.6 Å². The van der Waals surface area contributed by atoms with Crippen molar-refractivity contribution >= 4 is 5.69 Å². The smallest absolute Gasteiger partial charge is 0.162 e. The summed E-state index contributed by atoms with van der Waals surface area (Å²) in [6.45, 7) is 1.94. The molecule has 1 aromatic rings. The molecule has 1 rings (SSSR count). The molecule has 0 aliphatic heterocycles. The quantitative estimate of drug-likeness (QED) is 0.546. The lowest BCUT2D eigenvalue weighted by molar-refractivity contribution is 0.355. The Labute approximate surface area is 77.6 Å². The molecule has 0 saturated carbocycles. The van der Waals surface area contributed by atoms with Crippen LogP contribution in [0.2, 0.25) is 0 Å². The first kappa shape index (κ1) is 9.67. The van der Waals surface area contributed by atoms with Crippen molar-refractivity contribution < 1.29 is 9.47 Å². The lowest BCUT2D eigenvalue weighted by Crippen LogP contribution is -2.08. The third kappa shape index (κ3) is 1.84. The van der Waals surface area contributed by atoms with Gasteiger partial charge < -0.3 is 14.9 Å². The van der Waals surface area contributed by atoms with Gasteiger partial charge in [0.2, 0.25) is 0 Å². The molecule has 0 fully saturated rings. The van der Waals surface area contributed by atoms with E-state index in [1.165, 1.54) is 0 Å². The van der Waals surface area contributed by atoms with E-state index in [1.807, 2.05) is 13.0 Å². The molecule has 0 aliphatic rings. The van der Waals surface area contributed by atoms with Crippen molar-refractivity contribution in [2.45, 2.75) is 6.92 Å². The number of hydrogen-bond donors (Lipinski definition) is 2.